The van der Waals surface area contributed by atoms with E-state index in [1.54, 1.807) is 0 Å². The van der Waals surface area contributed by atoms with E-state index in [1.165, 1.54) is 48.5 Å². The second-order valence-electron chi connectivity index (χ2n) is 7.14. The molecule has 0 atom stereocenters. The molecule has 3 aromatic rings. The van der Waals surface area contributed by atoms with Gasteiger partial charge in [0.05, 0.1) is 25.8 Å². The fourth-order valence-electron chi connectivity index (χ4n) is 3.14. The fourth-order valence-corrected chi connectivity index (χ4v) is 4.16. The van der Waals surface area contributed by atoms with Gasteiger partial charge in [0.15, 0.2) is 0 Å². The Bertz CT molecular complexity index is 1430. The molecule has 6 nitrogen and oxygen atoms in total. The Morgan fingerprint density at radius 3 is 2.03 bits per heavy atom. The molecule has 3 amide bonds. The molecule has 0 fully saturated rings. The number of anilines is 3. The molecule has 4 rings (SSSR count). The van der Waals surface area contributed by atoms with E-state index < -0.39 is 23.5 Å². The molecule has 12 heteroatoms. The van der Waals surface area contributed by atoms with Crippen molar-refractivity contribution in [3.05, 3.63) is 96.8 Å². The summed E-state index contributed by atoms with van der Waals surface area (Å²) in [6.45, 7) is 0. The maximum absolute atomic E-state index is 13.3. The van der Waals surface area contributed by atoms with Gasteiger partial charge in [-0.15, -0.1) is 0 Å². The lowest BCUT2D eigenvalue weighted by molar-refractivity contribution is -0.120. The molecular weight excluding hydrogens is 563 g/mol. The molecular formula is C23H11Cl5FN3O3. The minimum absolute atomic E-state index is 0.0268. The molecule has 0 spiro atoms. The zero-order chi connectivity index (χ0) is 25.4. The van der Waals surface area contributed by atoms with Crippen molar-refractivity contribution < 1.29 is 18.8 Å². The first-order valence-corrected chi connectivity index (χ1v) is 11.5. The number of rotatable bonds is 5. The third kappa shape index (κ3) is 5.10. The van der Waals surface area contributed by atoms with Gasteiger partial charge in [-0.25, -0.2) is 9.29 Å². The summed E-state index contributed by atoms with van der Waals surface area (Å²) in [6.07, 6.45) is 0. The Balaban J connectivity index is 1.50. The average Bonchev–Trinajstić information content (AvgIpc) is 3.02. The molecule has 35 heavy (non-hydrogen) atoms. The number of carbonyl (C=O) groups is 3. The Hall–Kier alpha value is -2.81. The van der Waals surface area contributed by atoms with Crippen molar-refractivity contribution in [2.45, 2.75) is 0 Å². The summed E-state index contributed by atoms with van der Waals surface area (Å²) < 4.78 is 13.3. The Labute approximate surface area is 223 Å². The van der Waals surface area contributed by atoms with Gasteiger partial charge in [-0.1, -0.05) is 58.0 Å². The smallest absolute Gasteiger partial charge is 0.283 e. The van der Waals surface area contributed by atoms with Crippen molar-refractivity contribution in [2.75, 3.05) is 15.5 Å². The molecule has 0 bridgehead atoms. The van der Waals surface area contributed by atoms with Crippen LogP contribution < -0.4 is 15.5 Å². The highest BCUT2D eigenvalue weighted by atomic mass is 35.5. The minimum atomic E-state index is -0.798. The summed E-state index contributed by atoms with van der Waals surface area (Å²) in [5.74, 6) is -2.62. The van der Waals surface area contributed by atoms with E-state index in [2.05, 4.69) is 10.6 Å². The van der Waals surface area contributed by atoms with E-state index in [9.17, 15) is 18.8 Å². The molecule has 0 saturated heterocycles. The number of nitrogens with one attached hydrogen (secondary N) is 2. The van der Waals surface area contributed by atoms with E-state index >= 15 is 0 Å². The van der Waals surface area contributed by atoms with Crippen LogP contribution in [0.5, 0.6) is 0 Å². The molecule has 178 valence electrons. The maximum Gasteiger partial charge on any atom is 0.283 e. The molecule has 0 aromatic heterocycles. The Morgan fingerprint density at radius 1 is 0.743 bits per heavy atom. The van der Waals surface area contributed by atoms with Crippen molar-refractivity contribution in [1.82, 2.24) is 0 Å². The van der Waals surface area contributed by atoms with E-state index in [0.29, 0.717) is 11.4 Å². The minimum Gasteiger partial charge on any atom is -0.350 e. The molecule has 0 unspecified atom stereocenters. The zero-order valence-electron chi connectivity index (χ0n) is 17.1. The lowest BCUT2D eigenvalue weighted by Crippen LogP contribution is -2.32. The zero-order valence-corrected chi connectivity index (χ0v) is 20.9. The predicted molar refractivity (Wildman–Crippen MR) is 136 cm³/mol. The van der Waals surface area contributed by atoms with Crippen molar-refractivity contribution in [3.8, 4) is 0 Å². The van der Waals surface area contributed by atoms with Gasteiger partial charge in [0.25, 0.3) is 17.7 Å². The lowest BCUT2D eigenvalue weighted by atomic mass is 10.2. The first-order valence-electron chi connectivity index (χ1n) is 9.63. The molecule has 0 saturated carbocycles. The number of amides is 3. The molecule has 2 N–H and O–H groups in total. The quantitative estimate of drug-likeness (QED) is 0.252. The van der Waals surface area contributed by atoms with Gasteiger partial charge < -0.3 is 10.6 Å². The van der Waals surface area contributed by atoms with Gasteiger partial charge in [-0.3, -0.25) is 14.4 Å². The fraction of sp³-hybridized carbons (Fsp3) is 0. The second kappa shape index (κ2) is 10.0. The summed E-state index contributed by atoms with van der Waals surface area (Å²) in [4.78, 5) is 38.9. The summed E-state index contributed by atoms with van der Waals surface area (Å²) in [5.41, 5.74) is 0.810. The molecule has 1 heterocycles. The first-order chi connectivity index (χ1) is 16.6. The van der Waals surface area contributed by atoms with E-state index in [1.807, 2.05) is 0 Å². The van der Waals surface area contributed by atoms with Crippen LogP contribution in [-0.4, -0.2) is 17.7 Å². The first kappa shape index (κ1) is 25.3. The average molecular weight is 574 g/mol. The molecule has 3 aromatic carbocycles. The van der Waals surface area contributed by atoms with E-state index in [-0.39, 0.29) is 42.1 Å². The van der Waals surface area contributed by atoms with Gasteiger partial charge in [0.2, 0.25) is 0 Å². The van der Waals surface area contributed by atoms with Crippen molar-refractivity contribution in [3.63, 3.8) is 0 Å². The summed E-state index contributed by atoms with van der Waals surface area (Å²) in [7, 11) is 0. The monoisotopic (exact) mass is 571 g/mol. The number of halogens is 6. The number of hydrogen-bond acceptors (Lipinski definition) is 4. The van der Waals surface area contributed by atoms with Gasteiger partial charge in [0.1, 0.15) is 16.5 Å². The van der Waals surface area contributed by atoms with Crippen molar-refractivity contribution in [1.29, 1.82) is 0 Å². The van der Waals surface area contributed by atoms with Crippen LogP contribution in [0.1, 0.15) is 10.4 Å². The maximum atomic E-state index is 13.3. The van der Waals surface area contributed by atoms with Crippen LogP contribution in [0.2, 0.25) is 20.1 Å². The summed E-state index contributed by atoms with van der Waals surface area (Å²) in [6, 6.07) is 12.4. The van der Waals surface area contributed by atoms with Crippen LogP contribution >= 0.6 is 58.0 Å². The predicted octanol–water partition coefficient (Wildman–Crippen LogP) is 7.13. The number of carbonyl (C=O) groups excluding carboxylic acids is 3. The number of hydrogen-bond donors (Lipinski definition) is 2. The molecule has 1 aliphatic heterocycles. The van der Waals surface area contributed by atoms with Crippen molar-refractivity contribution >= 4 is 92.8 Å². The van der Waals surface area contributed by atoms with Gasteiger partial charge in [-0.05, 0) is 54.6 Å². The van der Waals surface area contributed by atoms with Gasteiger partial charge in [-0.2, -0.15) is 0 Å². The van der Waals surface area contributed by atoms with Gasteiger partial charge >= 0.3 is 0 Å². The number of nitrogens with zero attached hydrogens (tertiary/aromatic N) is 1. The van der Waals surface area contributed by atoms with Crippen LogP contribution in [0.25, 0.3) is 0 Å². The third-order valence-corrected chi connectivity index (χ3v) is 6.52. The largest absolute Gasteiger partial charge is 0.350 e. The van der Waals surface area contributed by atoms with Crippen LogP contribution in [-0.2, 0) is 9.59 Å². The highest BCUT2D eigenvalue weighted by molar-refractivity contribution is 6.54. The van der Waals surface area contributed by atoms with E-state index in [0.717, 1.165) is 11.0 Å². The third-order valence-electron chi connectivity index (χ3n) is 4.85. The van der Waals surface area contributed by atoms with Crippen LogP contribution in [0, 0.1) is 5.82 Å². The summed E-state index contributed by atoms with van der Waals surface area (Å²) in [5, 5.41) is 5.19. The van der Waals surface area contributed by atoms with Crippen LogP contribution in [0.15, 0.2) is 65.3 Å². The highest BCUT2D eigenvalue weighted by Gasteiger charge is 2.40. The SMILES string of the molecule is O=C(Nc1ccc(F)c(Cl)c1)c1ccc(NC2=C(Cl)C(=O)N(c3cc(Cl)c(Cl)cc3Cl)C2=O)cc1. The second-order valence-corrected chi connectivity index (χ2v) is 9.14. The van der Waals surface area contributed by atoms with Crippen LogP contribution in [0.4, 0.5) is 21.5 Å². The molecule has 0 radical (unpaired) electrons. The topological polar surface area (TPSA) is 78.5 Å². The standard InChI is InChI=1S/C23H11Cl5FN3O3/c24-13-8-16(27)18(9-14(13)25)32-22(34)19(28)20(23(32)35)30-11-3-1-10(2-4-11)21(33)31-12-5-6-17(29)15(26)7-12/h1-9,30H,(H,31,33). The number of benzene rings is 3. The van der Waals surface area contributed by atoms with Crippen LogP contribution in [0.3, 0.4) is 0 Å². The number of imide groups is 1. The Kier molecular flexibility index (Phi) is 7.26. The van der Waals surface area contributed by atoms with E-state index in [4.69, 9.17) is 58.0 Å². The molecule has 0 aliphatic carbocycles. The van der Waals surface area contributed by atoms with Crippen molar-refractivity contribution in [2.24, 2.45) is 0 Å². The highest BCUT2D eigenvalue weighted by Crippen LogP contribution is 2.38. The Morgan fingerprint density at radius 2 is 1.37 bits per heavy atom. The normalized spacial score (nSPS) is 13.5. The summed E-state index contributed by atoms with van der Waals surface area (Å²) >= 11 is 30.0. The lowest BCUT2D eigenvalue weighted by Gasteiger charge is -2.17. The molecule has 1 aliphatic rings. The van der Waals surface area contributed by atoms with Gasteiger partial charge in [0, 0.05) is 16.9 Å².